The number of benzene rings is 2. The molecule has 1 unspecified atom stereocenters. The van der Waals surface area contributed by atoms with Crippen molar-refractivity contribution in [2.24, 2.45) is 23.5 Å². The summed E-state index contributed by atoms with van der Waals surface area (Å²) in [5.41, 5.74) is 7.48. The first-order valence-corrected chi connectivity index (χ1v) is 11.3. The monoisotopic (exact) mass is 477 g/mol. The number of rotatable bonds is 6. The highest BCUT2D eigenvalue weighted by molar-refractivity contribution is 6.18. The average molecular weight is 478 g/mol. The van der Waals surface area contributed by atoms with Crippen LogP contribution in [0.4, 0.5) is 0 Å². The van der Waals surface area contributed by atoms with Crippen LogP contribution in [-0.4, -0.2) is 39.9 Å². The lowest BCUT2D eigenvalue weighted by Crippen LogP contribution is -2.38. The second-order valence-electron chi connectivity index (χ2n) is 9.06. The van der Waals surface area contributed by atoms with E-state index < -0.39 is 29.1 Å². The van der Waals surface area contributed by atoms with Gasteiger partial charge < -0.3 is 25.8 Å². The summed E-state index contributed by atoms with van der Waals surface area (Å²) in [6.07, 6.45) is 1.04. The summed E-state index contributed by atoms with van der Waals surface area (Å²) in [4.78, 5) is 37.3. The fourth-order valence-corrected chi connectivity index (χ4v) is 5.28. The van der Waals surface area contributed by atoms with Gasteiger partial charge in [0.2, 0.25) is 0 Å². The van der Waals surface area contributed by atoms with E-state index in [2.05, 4.69) is 0 Å². The summed E-state index contributed by atoms with van der Waals surface area (Å²) in [5.74, 6) is -3.08. The van der Waals surface area contributed by atoms with E-state index in [0.29, 0.717) is 30.4 Å². The van der Waals surface area contributed by atoms with Gasteiger partial charge in [-0.05, 0) is 59.6 Å². The van der Waals surface area contributed by atoms with Crippen LogP contribution in [0.25, 0.3) is 16.9 Å². The molecule has 0 radical (unpaired) electrons. The molecule has 0 saturated heterocycles. The molecule has 3 atom stereocenters. The molecule has 182 valence electrons. The maximum atomic E-state index is 13.3. The number of amides is 1. The van der Waals surface area contributed by atoms with Gasteiger partial charge in [0.25, 0.3) is 5.91 Å². The first-order valence-electron chi connectivity index (χ1n) is 11.3. The Bertz CT molecular complexity index is 1290. The molecule has 1 saturated carbocycles. The van der Waals surface area contributed by atoms with Gasteiger partial charge >= 0.3 is 0 Å². The van der Waals surface area contributed by atoms with Crippen LogP contribution in [0.5, 0.6) is 11.5 Å². The van der Waals surface area contributed by atoms with Crippen LogP contribution in [-0.2, 0) is 20.8 Å². The number of Topliss-reactive ketones (excluding diaryl/α,β-unsaturated/α-hetero) is 2. The van der Waals surface area contributed by atoms with Crippen LogP contribution in [0.1, 0.15) is 30.9 Å². The number of hydrogen-bond donors (Lipinski definition) is 4. The van der Waals surface area contributed by atoms with E-state index in [-0.39, 0.29) is 40.8 Å². The molecule has 1 amide bonds. The number of methoxy groups -OCH3 is 1. The molecule has 0 bridgehead atoms. The van der Waals surface area contributed by atoms with Gasteiger partial charge in [0, 0.05) is 17.9 Å². The highest BCUT2D eigenvalue weighted by Crippen LogP contribution is 2.49. The number of ether oxygens (including phenoxy) is 1. The Morgan fingerprint density at radius 1 is 1.20 bits per heavy atom. The van der Waals surface area contributed by atoms with Crippen molar-refractivity contribution >= 4 is 23.2 Å². The molecule has 5 N–H and O–H groups in total. The minimum Gasteiger partial charge on any atom is -0.515 e. The number of carbonyl (C=O) groups is 3. The maximum absolute atomic E-state index is 13.3. The van der Waals surface area contributed by atoms with Crippen molar-refractivity contribution in [1.29, 1.82) is 0 Å². The third-order valence-corrected chi connectivity index (χ3v) is 7.14. The Hall–Kier alpha value is -4.07. The van der Waals surface area contributed by atoms with Crippen molar-refractivity contribution in [1.82, 2.24) is 0 Å². The van der Waals surface area contributed by atoms with E-state index in [0.717, 1.165) is 11.1 Å². The second kappa shape index (κ2) is 9.29. The maximum Gasteiger partial charge on any atom is 0.255 e. The van der Waals surface area contributed by atoms with E-state index in [1.807, 2.05) is 24.3 Å². The lowest BCUT2D eigenvalue weighted by atomic mass is 9.64. The number of aromatic hydroxyl groups is 1. The Kier molecular flexibility index (Phi) is 6.39. The third kappa shape index (κ3) is 4.16. The Morgan fingerprint density at radius 3 is 2.60 bits per heavy atom. The number of hydrogen-bond acceptors (Lipinski definition) is 7. The van der Waals surface area contributed by atoms with Gasteiger partial charge in [-0.15, -0.1) is 0 Å². The SMILES string of the molecule is COc1cccc(-c2ccc(O)c3c2C[C@H]2C[C@@H](CC(=O)C(=CO)C(N)=O)C(C)C(=O)C2=C3O)c1. The zero-order valence-corrected chi connectivity index (χ0v) is 19.4. The minimum atomic E-state index is -1.03. The number of aliphatic hydroxyl groups is 2. The molecule has 8 heteroatoms. The van der Waals surface area contributed by atoms with Crippen LogP contribution >= 0.6 is 0 Å². The summed E-state index contributed by atoms with van der Waals surface area (Å²) in [7, 11) is 1.57. The number of ketones is 2. The van der Waals surface area contributed by atoms with E-state index in [4.69, 9.17) is 10.5 Å². The molecule has 4 rings (SSSR count). The Labute approximate surface area is 202 Å². The number of fused-ring (bicyclic) bond motifs is 2. The average Bonchev–Trinajstić information content (AvgIpc) is 2.82. The van der Waals surface area contributed by atoms with Gasteiger partial charge in [-0.3, -0.25) is 14.4 Å². The lowest BCUT2D eigenvalue weighted by molar-refractivity contribution is -0.124. The Balaban J connectivity index is 1.75. The molecule has 8 nitrogen and oxygen atoms in total. The molecule has 2 aromatic rings. The number of phenols is 1. The third-order valence-electron chi connectivity index (χ3n) is 7.14. The molecule has 2 aliphatic rings. The van der Waals surface area contributed by atoms with Crippen molar-refractivity contribution in [3.05, 3.63) is 64.9 Å². The highest BCUT2D eigenvalue weighted by atomic mass is 16.5. The van der Waals surface area contributed by atoms with Crippen molar-refractivity contribution in [2.75, 3.05) is 7.11 Å². The fourth-order valence-electron chi connectivity index (χ4n) is 5.28. The Morgan fingerprint density at radius 2 is 1.94 bits per heavy atom. The molecular weight excluding hydrogens is 450 g/mol. The molecule has 35 heavy (non-hydrogen) atoms. The van der Waals surface area contributed by atoms with Crippen LogP contribution in [0, 0.1) is 17.8 Å². The van der Waals surface area contributed by atoms with Gasteiger partial charge in [0.05, 0.1) is 18.9 Å². The van der Waals surface area contributed by atoms with Gasteiger partial charge in [-0.1, -0.05) is 25.1 Å². The number of nitrogens with two attached hydrogens (primary N) is 1. The predicted octanol–water partition coefficient (Wildman–Crippen LogP) is 3.62. The normalized spacial score (nSPS) is 21.8. The van der Waals surface area contributed by atoms with Gasteiger partial charge in [0.1, 0.15) is 22.8 Å². The topological polar surface area (TPSA) is 147 Å². The molecule has 2 aliphatic carbocycles. The fraction of sp³-hybridized carbons (Fsp3) is 0.296. The van der Waals surface area contributed by atoms with Crippen LogP contribution < -0.4 is 10.5 Å². The quantitative estimate of drug-likeness (QED) is 0.215. The number of carbonyl (C=O) groups excluding carboxylic acids is 3. The number of primary amides is 1. The highest BCUT2D eigenvalue weighted by Gasteiger charge is 2.44. The zero-order chi connectivity index (χ0) is 25.4. The largest absolute Gasteiger partial charge is 0.515 e. The second-order valence-corrected chi connectivity index (χ2v) is 9.06. The molecule has 0 aromatic heterocycles. The summed E-state index contributed by atoms with van der Waals surface area (Å²) < 4.78 is 5.33. The van der Waals surface area contributed by atoms with Crippen molar-refractivity contribution in [3.63, 3.8) is 0 Å². The van der Waals surface area contributed by atoms with Crippen molar-refractivity contribution in [3.8, 4) is 22.6 Å². The summed E-state index contributed by atoms with van der Waals surface area (Å²) in [6.45, 7) is 1.67. The summed E-state index contributed by atoms with van der Waals surface area (Å²) >= 11 is 0. The van der Waals surface area contributed by atoms with Crippen LogP contribution in [0.15, 0.2) is 53.8 Å². The van der Waals surface area contributed by atoms with Crippen molar-refractivity contribution < 1.29 is 34.4 Å². The van der Waals surface area contributed by atoms with Gasteiger partial charge in [-0.2, -0.15) is 0 Å². The lowest BCUT2D eigenvalue weighted by Gasteiger charge is -2.38. The minimum absolute atomic E-state index is 0.118. The van der Waals surface area contributed by atoms with E-state index in [1.165, 1.54) is 6.07 Å². The smallest absolute Gasteiger partial charge is 0.255 e. The van der Waals surface area contributed by atoms with Crippen molar-refractivity contribution in [2.45, 2.75) is 26.2 Å². The molecule has 2 aromatic carbocycles. The van der Waals surface area contributed by atoms with E-state index in [9.17, 15) is 29.7 Å². The summed E-state index contributed by atoms with van der Waals surface area (Å²) in [6, 6.07) is 10.7. The van der Waals surface area contributed by atoms with Crippen LogP contribution in [0.3, 0.4) is 0 Å². The number of allylic oxidation sites excluding steroid dienone is 1. The number of phenolic OH excluding ortho intramolecular Hbond substituents is 1. The zero-order valence-electron chi connectivity index (χ0n) is 19.4. The van der Waals surface area contributed by atoms with E-state index >= 15 is 0 Å². The molecule has 0 aliphatic heterocycles. The standard InChI is InChI=1S/C27H27NO7/c1-13-15(11-22(31)20(12-29)27(28)34)8-16-10-19-18(14-4-3-5-17(9-14)35-2)6-7-21(30)24(19)26(33)23(16)25(13)32/h3-7,9,12-13,15-16,29-30,33H,8,10-11H2,1-2H3,(H2,28,34)/t13?,15-,16+/m0/s1. The molecular formula is C27H27NO7. The first-order chi connectivity index (χ1) is 16.7. The predicted molar refractivity (Wildman–Crippen MR) is 129 cm³/mol. The summed E-state index contributed by atoms with van der Waals surface area (Å²) in [5, 5.41) is 31.0. The van der Waals surface area contributed by atoms with E-state index in [1.54, 1.807) is 20.1 Å². The number of aliphatic hydroxyl groups excluding tert-OH is 2. The first kappa shape index (κ1) is 24.1. The van der Waals surface area contributed by atoms with Gasteiger partial charge in [-0.25, -0.2) is 0 Å². The molecule has 0 heterocycles. The van der Waals surface area contributed by atoms with Gasteiger partial charge in [0.15, 0.2) is 11.6 Å². The molecule has 0 spiro atoms. The van der Waals surface area contributed by atoms with Crippen LogP contribution in [0.2, 0.25) is 0 Å². The molecule has 1 fully saturated rings.